The first-order valence-electron chi connectivity index (χ1n) is 13.5. The van der Waals surface area contributed by atoms with Crippen LogP contribution in [0.3, 0.4) is 0 Å². The number of rotatable bonds is 8. The van der Waals surface area contributed by atoms with Crippen molar-refractivity contribution in [2.45, 2.75) is 44.1 Å². The van der Waals surface area contributed by atoms with Crippen LogP contribution in [0.1, 0.15) is 43.6 Å². The molecule has 2 heterocycles. The number of hydrogen-bond acceptors (Lipinski definition) is 6. The largest absolute Gasteiger partial charge is 0.340 e. The molecule has 9 heteroatoms. The van der Waals surface area contributed by atoms with Gasteiger partial charge in [-0.15, -0.1) is 0 Å². The first-order valence-corrected chi connectivity index (χ1v) is 13.9. The molecule has 2 N–H and O–H groups in total. The lowest BCUT2D eigenvalue weighted by atomic mass is 9.79. The number of piperazine rings is 1. The molecule has 6 rings (SSSR count). The lowest BCUT2D eigenvalue weighted by Crippen LogP contribution is -2.47. The van der Waals surface area contributed by atoms with Crippen LogP contribution in [-0.2, 0) is 4.79 Å². The normalized spacial score (nSPS) is 19.1. The molecule has 0 radical (unpaired) electrons. The van der Waals surface area contributed by atoms with Gasteiger partial charge in [0.15, 0.2) is 0 Å². The molecule has 7 nitrogen and oxygen atoms in total. The summed E-state index contributed by atoms with van der Waals surface area (Å²) >= 11 is 5.96. The van der Waals surface area contributed by atoms with Crippen LogP contribution in [0.25, 0.3) is 10.9 Å². The Balaban J connectivity index is 1.18. The van der Waals surface area contributed by atoms with Gasteiger partial charge in [0.2, 0.25) is 5.91 Å². The highest BCUT2D eigenvalue weighted by Gasteiger charge is 2.30. The molecular formula is C29H32ClFN6O. The van der Waals surface area contributed by atoms with Gasteiger partial charge in [-0.25, -0.2) is 14.4 Å². The summed E-state index contributed by atoms with van der Waals surface area (Å²) in [6.45, 7) is 5.12. The molecule has 1 amide bonds. The van der Waals surface area contributed by atoms with Gasteiger partial charge in [-0.2, -0.15) is 0 Å². The Morgan fingerprint density at radius 2 is 1.89 bits per heavy atom. The second-order valence-corrected chi connectivity index (χ2v) is 10.9. The Hall–Kier alpha value is -3.07. The molecule has 0 spiro atoms. The lowest BCUT2D eigenvalue weighted by Gasteiger charge is -2.34. The van der Waals surface area contributed by atoms with Crippen LogP contribution < -0.4 is 10.6 Å². The van der Waals surface area contributed by atoms with Gasteiger partial charge in [0, 0.05) is 61.6 Å². The summed E-state index contributed by atoms with van der Waals surface area (Å²) in [6.07, 6.45) is 11.2. The number of benzene rings is 2. The fraction of sp³-hybridized carbons (Fsp3) is 0.414. The maximum Gasteiger partial charge on any atom is 0.248 e. The Bertz CT molecular complexity index is 1360. The number of halogens is 2. The second-order valence-electron chi connectivity index (χ2n) is 10.5. The van der Waals surface area contributed by atoms with Gasteiger partial charge in [0.05, 0.1) is 10.5 Å². The third-order valence-corrected chi connectivity index (χ3v) is 8.18. The van der Waals surface area contributed by atoms with Crippen molar-refractivity contribution in [1.29, 1.82) is 0 Å². The zero-order chi connectivity index (χ0) is 26.1. The first-order chi connectivity index (χ1) is 18.5. The SMILES string of the molecule is O=C(C=CCN1CCN(C2CC2)CC1)Nc1cc2c(Nc3ccc(F)c(Cl)c3)ncnc2cc1C1CCC1. The molecule has 2 saturated carbocycles. The molecule has 3 aromatic rings. The highest BCUT2D eigenvalue weighted by Crippen LogP contribution is 2.42. The number of amides is 1. The van der Waals surface area contributed by atoms with E-state index in [4.69, 9.17) is 11.6 Å². The Morgan fingerprint density at radius 1 is 1.08 bits per heavy atom. The Kier molecular flexibility index (Phi) is 7.28. The maximum absolute atomic E-state index is 13.6. The van der Waals surface area contributed by atoms with Crippen molar-refractivity contribution in [3.05, 3.63) is 65.2 Å². The maximum atomic E-state index is 13.6. The van der Waals surface area contributed by atoms with E-state index in [1.807, 2.05) is 12.1 Å². The Labute approximate surface area is 227 Å². The van der Waals surface area contributed by atoms with E-state index in [1.165, 1.54) is 37.7 Å². The quantitative estimate of drug-likeness (QED) is 0.361. The number of fused-ring (bicyclic) bond motifs is 1. The molecule has 2 aliphatic carbocycles. The molecule has 3 fully saturated rings. The summed E-state index contributed by atoms with van der Waals surface area (Å²) in [6, 6.07) is 9.26. The van der Waals surface area contributed by atoms with Crippen molar-refractivity contribution in [2.24, 2.45) is 0 Å². The number of carbonyl (C=O) groups excluding carboxylic acids is 1. The second kappa shape index (κ2) is 11.0. The van der Waals surface area contributed by atoms with Crippen LogP contribution in [0.5, 0.6) is 0 Å². The molecule has 0 bridgehead atoms. The number of anilines is 3. The van der Waals surface area contributed by atoms with E-state index in [-0.39, 0.29) is 10.9 Å². The zero-order valence-corrected chi connectivity index (χ0v) is 22.1. The van der Waals surface area contributed by atoms with E-state index in [0.29, 0.717) is 17.4 Å². The van der Waals surface area contributed by atoms with Gasteiger partial charge >= 0.3 is 0 Å². The monoisotopic (exact) mass is 534 g/mol. The molecular weight excluding hydrogens is 503 g/mol. The highest BCUT2D eigenvalue weighted by atomic mass is 35.5. The molecule has 2 aromatic carbocycles. The minimum Gasteiger partial charge on any atom is -0.340 e. The molecule has 198 valence electrons. The smallest absolute Gasteiger partial charge is 0.248 e. The summed E-state index contributed by atoms with van der Waals surface area (Å²) in [7, 11) is 0. The molecule has 0 atom stereocenters. The molecule has 0 unspecified atom stereocenters. The van der Waals surface area contributed by atoms with Crippen LogP contribution in [0.4, 0.5) is 21.6 Å². The first kappa shape index (κ1) is 25.2. The van der Waals surface area contributed by atoms with Gasteiger partial charge in [0.1, 0.15) is 18.0 Å². The average molecular weight is 535 g/mol. The van der Waals surface area contributed by atoms with E-state index >= 15 is 0 Å². The zero-order valence-electron chi connectivity index (χ0n) is 21.3. The summed E-state index contributed by atoms with van der Waals surface area (Å²) in [5.41, 5.74) is 3.29. The van der Waals surface area contributed by atoms with Crippen LogP contribution in [0.2, 0.25) is 5.02 Å². The third kappa shape index (κ3) is 5.67. The fourth-order valence-electron chi connectivity index (χ4n) is 5.33. The lowest BCUT2D eigenvalue weighted by molar-refractivity contribution is -0.111. The van der Waals surface area contributed by atoms with Gasteiger partial charge in [-0.05, 0) is 67.5 Å². The van der Waals surface area contributed by atoms with Crippen molar-refractivity contribution in [1.82, 2.24) is 19.8 Å². The van der Waals surface area contributed by atoms with Crippen LogP contribution in [0, 0.1) is 5.82 Å². The Morgan fingerprint density at radius 3 is 2.61 bits per heavy atom. The standard InChI is InChI=1S/C29H32ClFN6O/c30-24-15-20(6-9-25(24)31)34-29-23-17-27(22(19-3-1-4-19)16-26(23)32-18-33-29)35-28(38)5-2-10-36-11-13-37(14-12-36)21-7-8-21/h2,5-6,9,15-19,21H,1,3-4,7-8,10-14H2,(H,35,38)(H,32,33,34). The van der Waals surface area contributed by atoms with Crippen molar-refractivity contribution in [3.8, 4) is 0 Å². The van der Waals surface area contributed by atoms with Gasteiger partial charge in [0.25, 0.3) is 0 Å². The summed E-state index contributed by atoms with van der Waals surface area (Å²) < 4.78 is 13.6. The van der Waals surface area contributed by atoms with Crippen LogP contribution in [-0.4, -0.2) is 64.4 Å². The van der Waals surface area contributed by atoms with Gasteiger partial charge < -0.3 is 10.6 Å². The van der Waals surface area contributed by atoms with Crippen molar-refractivity contribution in [3.63, 3.8) is 0 Å². The topological polar surface area (TPSA) is 73.4 Å². The number of nitrogens with one attached hydrogen (secondary N) is 2. The van der Waals surface area contributed by atoms with Crippen molar-refractivity contribution < 1.29 is 9.18 Å². The summed E-state index contributed by atoms with van der Waals surface area (Å²) in [4.78, 5) is 26.8. The van der Waals surface area contributed by atoms with E-state index < -0.39 is 5.82 Å². The van der Waals surface area contributed by atoms with Gasteiger partial charge in [-0.1, -0.05) is 24.1 Å². The average Bonchev–Trinajstić information content (AvgIpc) is 3.72. The van der Waals surface area contributed by atoms with E-state index in [2.05, 4.69) is 36.5 Å². The predicted octanol–water partition coefficient (Wildman–Crippen LogP) is 5.71. The third-order valence-electron chi connectivity index (χ3n) is 7.89. The molecule has 3 aliphatic rings. The van der Waals surface area contributed by atoms with Crippen molar-refractivity contribution >= 4 is 45.6 Å². The molecule has 1 aliphatic heterocycles. The number of aromatic nitrogens is 2. The van der Waals surface area contributed by atoms with E-state index in [1.54, 1.807) is 12.1 Å². The molecule has 38 heavy (non-hydrogen) atoms. The van der Waals surface area contributed by atoms with Crippen LogP contribution >= 0.6 is 11.6 Å². The summed E-state index contributed by atoms with van der Waals surface area (Å²) in [5.74, 6) is 0.352. The number of hydrogen-bond donors (Lipinski definition) is 2. The minimum atomic E-state index is -0.478. The van der Waals surface area contributed by atoms with Crippen molar-refractivity contribution in [2.75, 3.05) is 43.4 Å². The number of carbonyl (C=O) groups is 1. The predicted molar refractivity (Wildman–Crippen MR) is 150 cm³/mol. The van der Waals surface area contributed by atoms with E-state index in [0.717, 1.165) is 73.8 Å². The fourth-order valence-corrected chi connectivity index (χ4v) is 5.51. The minimum absolute atomic E-state index is 0.0326. The number of nitrogens with zero attached hydrogens (tertiary/aromatic N) is 4. The van der Waals surface area contributed by atoms with E-state index in [9.17, 15) is 9.18 Å². The van der Waals surface area contributed by atoms with Crippen LogP contribution in [0.15, 0.2) is 48.8 Å². The molecule has 1 aromatic heterocycles. The molecule has 1 saturated heterocycles. The van der Waals surface area contributed by atoms with Gasteiger partial charge in [-0.3, -0.25) is 14.6 Å². The summed E-state index contributed by atoms with van der Waals surface area (Å²) in [5, 5.41) is 7.14. The highest BCUT2D eigenvalue weighted by molar-refractivity contribution is 6.31.